The van der Waals surface area contributed by atoms with Gasteiger partial charge in [0.25, 0.3) is 0 Å². The van der Waals surface area contributed by atoms with E-state index in [0.717, 1.165) is 22.2 Å². The van der Waals surface area contributed by atoms with Crippen LogP contribution in [0.25, 0.3) is 22.6 Å². The second-order valence-electron chi connectivity index (χ2n) is 4.45. The normalized spacial score (nSPS) is 11.1. The van der Waals surface area contributed by atoms with E-state index in [1.54, 1.807) is 0 Å². The van der Waals surface area contributed by atoms with Crippen molar-refractivity contribution in [3.63, 3.8) is 0 Å². The van der Waals surface area contributed by atoms with Crippen molar-refractivity contribution in [3.8, 4) is 11.5 Å². The molecule has 0 saturated heterocycles. The van der Waals surface area contributed by atoms with Crippen molar-refractivity contribution in [2.45, 2.75) is 13.8 Å². The Balaban J connectivity index is 2.16. The Bertz CT molecular complexity index is 674. The first-order valence-electron chi connectivity index (χ1n) is 5.77. The average molecular weight is 258 g/mol. The predicted molar refractivity (Wildman–Crippen MR) is 73.9 cm³/mol. The molecule has 90 valence electrons. The summed E-state index contributed by atoms with van der Waals surface area (Å²) in [6, 6.07) is 11.9. The van der Waals surface area contributed by atoms with Crippen LogP contribution in [0.3, 0.4) is 0 Å². The average Bonchev–Trinajstić information content (AvgIpc) is 2.73. The van der Waals surface area contributed by atoms with Crippen LogP contribution in [0, 0.1) is 13.8 Å². The lowest BCUT2D eigenvalue weighted by Gasteiger charge is -1.95. The maximum absolute atomic E-state index is 6.08. The van der Waals surface area contributed by atoms with Crippen molar-refractivity contribution < 1.29 is 4.42 Å². The molecule has 3 rings (SSSR count). The Morgan fingerprint density at radius 2 is 1.78 bits per heavy atom. The Morgan fingerprint density at radius 1 is 1.06 bits per heavy atom. The summed E-state index contributed by atoms with van der Waals surface area (Å²) in [6.45, 7) is 4.01. The number of hydrogen-bond donors (Lipinski definition) is 0. The largest absolute Gasteiger partial charge is 0.436 e. The second kappa shape index (κ2) is 4.14. The summed E-state index contributed by atoms with van der Waals surface area (Å²) in [5.41, 5.74) is 4.76. The molecule has 0 aliphatic carbocycles. The Labute approximate surface area is 110 Å². The summed E-state index contributed by atoms with van der Waals surface area (Å²) in [4.78, 5) is 4.49. The van der Waals surface area contributed by atoms with Gasteiger partial charge in [0.15, 0.2) is 5.58 Å². The molecule has 0 unspecified atom stereocenters. The van der Waals surface area contributed by atoms with Gasteiger partial charge in [-0.25, -0.2) is 4.98 Å². The van der Waals surface area contributed by atoms with E-state index in [1.165, 1.54) is 5.56 Å². The Kier molecular flexibility index (Phi) is 2.60. The minimum Gasteiger partial charge on any atom is -0.436 e. The van der Waals surface area contributed by atoms with Gasteiger partial charge in [-0.1, -0.05) is 29.3 Å². The van der Waals surface area contributed by atoms with E-state index < -0.39 is 0 Å². The molecule has 0 amide bonds. The van der Waals surface area contributed by atoms with E-state index in [9.17, 15) is 0 Å². The molecule has 2 aromatic carbocycles. The summed E-state index contributed by atoms with van der Waals surface area (Å²) >= 11 is 6.08. The van der Waals surface area contributed by atoms with Crippen LogP contribution < -0.4 is 0 Å². The maximum Gasteiger partial charge on any atom is 0.227 e. The van der Waals surface area contributed by atoms with Crippen molar-refractivity contribution in [2.75, 3.05) is 0 Å². The first kappa shape index (κ1) is 11.3. The van der Waals surface area contributed by atoms with Gasteiger partial charge in [-0.3, -0.25) is 0 Å². The van der Waals surface area contributed by atoms with Gasteiger partial charge >= 0.3 is 0 Å². The summed E-state index contributed by atoms with van der Waals surface area (Å²) in [7, 11) is 0. The van der Waals surface area contributed by atoms with Crippen molar-refractivity contribution in [1.29, 1.82) is 0 Å². The maximum atomic E-state index is 6.08. The van der Waals surface area contributed by atoms with Gasteiger partial charge in [-0.15, -0.1) is 0 Å². The van der Waals surface area contributed by atoms with Crippen LogP contribution in [0.2, 0.25) is 5.02 Å². The lowest BCUT2D eigenvalue weighted by molar-refractivity contribution is 0.620. The minimum absolute atomic E-state index is 0.631. The third kappa shape index (κ3) is 1.89. The lowest BCUT2D eigenvalue weighted by Crippen LogP contribution is -1.78. The molecule has 0 atom stereocenters. The highest BCUT2D eigenvalue weighted by atomic mass is 35.5. The third-order valence-electron chi connectivity index (χ3n) is 2.97. The van der Waals surface area contributed by atoms with Gasteiger partial charge in [-0.2, -0.15) is 0 Å². The zero-order valence-corrected chi connectivity index (χ0v) is 11.0. The topological polar surface area (TPSA) is 26.0 Å². The van der Waals surface area contributed by atoms with Crippen molar-refractivity contribution in [3.05, 3.63) is 52.5 Å². The standard InChI is InChI=1S/C15H12ClNO/c1-9-3-5-11(6-4-9)15-17-13-7-10(2)12(16)8-14(13)18-15/h3-8H,1-2H3. The van der Waals surface area contributed by atoms with Gasteiger partial charge < -0.3 is 4.42 Å². The molecule has 0 bridgehead atoms. The van der Waals surface area contributed by atoms with E-state index in [4.69, 9.17) is 16.0 Å². The van der Waals surface area contributed by atoms with Crippen LogP contribution in [0.15, 0.2) is 40.8 Å². The first-order valence-corrected chi connectivity index (χ1v) is 6.15. The zero-order valence-electron chi connectivity index (χ0n) is 10.2. The monoisotopic (exact) mass is 257 g/mol. The predicted octanol–water partition coefficient (Wildman–Crippen LogP) is 4.77. The molecular formula is C15H12ClNO. The van der Waals surface area contributed by atoms with Gasteiger partial charge in [-0.05, 0) is 37.6 Å². The van der Waals surface area contributed by atoms with Crippen molar-refractivity contribution in [2.24, 2.45) is 0 Å². The summed E-state index contributed by atoms with van der Waals surface area (Å²) in [5.74, 6) is 0.631. The molecule has 3 aromatic rings. The molecule has 3 heteroatoms. The Morgan fingerprint density at radius 3 is 2.50 bits per heavy atom. The SMILES string of the molecule is Cc1ccc(-c2nc3cc(C)c(Cl)cc3o2)cc1. The minimum atomic E-state index is 0.631. The van der Waals surface area contributed by atoms with Crippen LogP contribution in [0.4, 0.5) is 0 Å². The van der Waals surface area contributed by atoms with E-state index in [2.05, 4.69) is 11.9 Å². The van der Waals surface area contributed by atoms with Gasteiger partial charge in [0.1, 0.15) is 5.52 Å². The van der Waals surface area contributed by atoms with Crippen LogP contribution in [0.1, 0.15) is 11.1 Å². The van der Waals surface area contributed by atoms with Crippen LogP contribution in [-0.2, 0) is 0 Å². The molecule has 2 nitrogen and oxygen atoms in total. The van der Waals surface area contributed by atoms with E-state index in [-0.39, 0.29) is 0 Å². The fourth-order valence-electron chi connectivity index (χ4n) is 1.87. The van der Waals surface area contributed by atoms with E-state index in [0.29, 0.717) is 10.9 Å². The summed E-state index contributed by atoms with van der Waals surface area (Å²) in [5, 5.41) is 0.703. The second-order valence-corrected chi connectivity index (χ2v) is 4.86. The summed E-state index contributed by atoms with van der Waals surface area (Å²) < 4.78 is 5.73. The molecular weight excluding hydrogens is 246 g/mol. The third-order valence-corrected chi connectivity index (χ3v) is 3.37. The van der Waals surface area contributed by atoms with Crippen LogP contribution in [0.5, 0.6) is 0 Å². The number of aryl methyl sites for hydroxylation is 2. The molecule has 1 heterocycles. The molecule has 1 aromatic heterocycles. The highest BCUT2D eigenvalue weighted by Gasteiger charge is 2.09. The number of rotatable bonds is 1. The number of halogens is 1. The highest BCUT2D eigenvalue weighted by Crippen LogP contribution is 2.28. The summed E-state index contributed by atoms with van der Waals surface area (Å²) in [6.07, 6.45) is 0. The van der Waals surface area contributed by atoms with Gasteiger partial charge in [0.05, 0.1) is 0 Å². The van der Waals surface area contributed by atoms with Crippen molar-refractivity contribution >= 4 is 22.7 Å². The number of fused-ring (bicyclic) bond motifs is 1. The zero-order chi connectivity index (χ0) is 12.7. The smallest absolute Gasteiger partial charge is 0.227 e. The van der Waals surface area contributed by atoms with Gasteiger partial charge in [0, 0.05) is 16.7 Å². The lowest BCUT2D eigenvalue weighted by atomic mass is 10.1. The molecule has 18 heavy (non-hydrogen) atoms. The van der Waals surface area contributed by atoms with Crippen LogP contribution in [-0.4, -0.2) is 4.98 Å². The van der Waals surface area contributed by atoms with Crippen molar-refractivity contribution in [1.82, 2.24) is 4.98 Å². The molecule has 0 N–H and O–H groups in total. The molecule has 0 spiro atoms. The molecule has 0 aliphatic heterocycles. The molecule has 0 aliphatic rings. The number of aromatic nitrogens is 1. The van der Waals surface area contributed by atoms with E-state index >= 15 is 0 Å². The van der Waals surface area contributed by atoms with Crippen LogP contribution >= 0.6 is 11.6 Å². The quantitative estimate of drug-likeness (QED) is 0.628. The van der Waals surface area contributed by atoms with E-state index in [1.807, 2.05) is 43.3 Å². The fraction of sp³-hybridized carbons (Fsp3) is 0.133. The first-order chi connectivity index (χ1) is 8.63. The number of hydrogen-bond acceptors (Lipinski definition) is 2. The number of benzene rings is 2. The number of nitrogens with zero attached hydrogens (tertiary/aromatic N) is 1. The molecule has 0 saturated carbocycles. The molecule has 0 radical (unpaired) electrons. The number of oxazole rings is 1. The fourth-order valence-corrected chi connectivity index (χ4v) is 2.03. The van der Waals surface area contributed by atoms with Gasteiger partial charge in [0.2, 0.25) is 5.89 Å². The highest BCUT2D eigenvalue weighted by molar-refractivity contribution is 6.32. The Hall–Kier alpha value is -1.80. The molecule has 0 fully saturated rings.